The van der Waals surface area contributed by atoms with Crippen molar-refractivity contribution in [1.82, 2.24) is 0 Å². The highest BCUT2D eigenvalue weighted by atomic mass is 35.5. The van der Waals surface area contributed by atoms with Gasteiger partial charge < -0.3 is 10.1 Å². The number of amides is 1. The molecule has 1 N–H and O–H groups in total. The van der Waals surface area contributed by atoms with Gasteiger partial charge >= 0.3 is 0 Å². The van der Waals surface area contributed by atoms with Crippen LogP contribution in [-0.2, 0) is 9.53 Å². The average Bonchev–Trinajstić information content (AvgIpc) is 2.92. The smallest absolute Gasteiger partial charge is 0.224 e. The van der Waals surface area contributed by atoms with Crippen LogP contribution in [0.1, 0.15) is 31.2 Å². The lowest BCUT2D eigenvalue weighted by Gasteiger charge is -2.10. The van der Waals surface area contributed by atoms with Crippen LogP contribution in [0.15, 0.2) is 18.2 Å². The van der Waals surface area contributed by atoms with Gasteiger partial charge in [-0.15, -0.1) is 0 Å². The molecule has 19 heavy (non-hydrogen) atoms. The molecule has 1 aromatic rings. The zero-order valence-electron chi connectivity index (χ0n) is 10.5. The molecule has 0 radical (unpaired) electrons. The summed E-state index contributed by atoms with van der Waals surface area (Å²) in [6, 6.07) is 6.81. The van der Waals surface area contributed by atoms with Crippen molar-refractivity contribution in [3.63, 3.8) is 0 Å². The number of halogens is 1. The lowest BCUT2D eigenvalue weighted by atomic mass is 10.1. The Morgan fingerprint density at radius 2 is 2.42 bits per heavy atom. The van der Waals surface area contributed by atoms with Gasteiger partial charge in [0.15, 0.2) is 0 Å². The van der Waals surface area contributed by atoms with Crippen LogP contribution in [0.25, 0.3) is 0 Å². The molecule has 0 bridgehead atoms. The molecule has 0 aliphatic carbocycles. The standard InChI is InChI=1S/C14H15ClN2O2/c15-12-8-10(9-16)3-5-13(12)17-14(18)6-4-11-2-1-7-19-11/h3,5,8,11H,1-2,4,6-7H2,(H,17,18). The molecular weight excluding hydrogens is 264 g/mol. The van der Waals surface area contributed by atoms with E-state index in [9.17, 15) is 4.79 Å². The molecule has 0 spiro atoms. The second-order valence-electron chi connectivity index (χ2n) is 4.53. The lowest BCUT2D eigenvalue weighted by molar-refractivity contribution is -0.116. The molecule has 1 atom stereocenters. The fourth-order valence-corrected chi connectivity index (χ4v) is 2.29. The summed E-state index contributed by atoms with van der Waals surface area (Å²) in [7, 11) is 0. The van der Waals surface area contributed by atoms with Gasteiger partial charge in [-0.25, -0.2) is 0 Å². The molecule has 1 aliphatic rings. The van der Waals surface area contributed by atoms with Crippen LogP contribution in [0.5, 0.6) is 0 Å². The second kappa shape index (κ2) is 6.55. The van der Waals surface area contributed by atoms with Crippen LogP contribution in [-0.4, -0.2) is 18.6 Å². The molecule has 100 valence electrons. The van der Waals surface area contributed by atoms with Crippen molar-refractivity contribution in [2.75, 3.05) is 11.9 Å². The molecule has 2 rings (SSSR count). The maximum Gasteiger partial charge on any atom is 0.224 e. The quantitative estimate of drug-likeness (QED) is 0.920. The molecule has 0 saturated carbocycles. The van der Waals surface area contributed by atoms with E-state index in [1.54, 1.807) is 12.1 Å². The van der Waals surface area contributed by atoms with Gasteiger partial charge in [-0.3, -0.25) is 4.79 Å². The minimum atomic E-state index is -0.0814. The number of benzene rings is 1. The van der Waals surface area contributed by atoms with Crippen molar-refractivity contribution in [2.45, 2.75) is 31.8 Å². The number of ether oxygens (including phenoxy) is 1. The van der Waals surface area contributed by atoms with Crippen LogP contribution in [0.3, 0.4) is 0 Å². The van der Waals surface area contributed by atoms with Gasteiger partial charge in [-0.2, -0.15) is 5.26 Å². The van der Waals surface area contributed by atoms with Crippen LogP contribution >= 0.6 is 11.6 Å². The Bertz CT molecular complexity index is 505. The van der Waals surface area contributed by atoms with Gasteiger partial charge in [0.1, 0.15) is 0 Å². The van der Waals surface area contributed by atoms with E-state index in [1.165, 1.54) is 6.07 Å². The minimum Gasteiger partial charge on any atom is -0.378 e. The molecule has 1 aliphatic heterocycles. The number of carbonyl (C=O) groups excluding carboxylic acids is 1. The third-order valence-corrected chi connectivity index (χ3v) is 3.40. The number of hydrogen-bond acceptors (Lipinski definition) is 3. The zero-order chi connectivity index (χ0) is 13.7. The molecule has 5 heteroatoms. The minimum absolute atomic E-state index is 0.0814. The first-order valence-electron chi connectivity index (χ1n) is 6.30. The van der Waals surface area contributed by atoms with E-state index in [-0.39, 0.29) is 12.0 Å². The monoisotopic (exact) mass is 278 g/mol. The van der Waals surface area contributed by atoms with Gasteiger partial charge in [0.25, 0.3) is 0 Å². The highest BCUT2D eigenvalue weighted by molar-refractivity contribution is 6.33. The maximum atomic E-state index is 11.8. The first-order chi connectivity index (χ1) is 9.19. The lowest BCUT2D eigenvalue weighted by Crippen LogP contribution is -2.15. The van der Waals surface area contributed by atoms with Gasteiger partial charge in [0, 0.05) is 13.0 Å². The number of rotatable bonds is 4. The van der Waals surface area contributed by atoms with E-state index < -0.39 is 0 Å². The molecule has 0 aromatic heterocycles. The van der Waals surface area contributed by atoms with Crippen molar-refractivity contribution < 1.29 is 9.53 Å². The van der Waals surface area contributed by atoms with Gasteiger partial charge in [0.2, 0.25) is 5.91 Å². The fourth-order valence-electron chi connectivity index (χ4n) is 2.06. The number of hydrogen-bond donors (Lipinski definition) is 1. The van der Waals surface area contributed by atoms with E-state index in [4.69, 9.17) is 21.6 Å². The van der Waals surface area contributed by atoms with Crippen molar-refractivity contribution in [1.29, 1.82) is 5.26 Å². The number of nitrogens with zero attached hydrogens (tertiary/aromatic N) is 1. The predicted octanol–water partition coefficient (Wildman–Crippen LogP) is 3.11. The van der Waals surface area contributed by atoms with Crippen molar-refractivity contribution in [2.24, 2.45) is 0 Å². The Kier molecular flexibility index (Phi) is 4.78. The summed E-state index contributed by atoms with van der Waals surface area (Å²) >= 11 is 5.99. The summed E-state index contributed by atoms with van der Waals surface area (Å²) in [6.07, 6.45) is 3.47. The van der Waals surface area contributed by atoms with Crippen LogP contribution in [0, 0.1) is 11.3 Å². The summed E-state index contributed by atoms with van der Waals surface area (Å²) < 4.78 is 5.47. The third-order valence-electron chi connectivity index (χ3n) is 3.09. The molecule has 1 aromatic carbocycles. The summed E-state index contributed by atoms with van der Waals surface area (Å²) in [5, 5.41) is 11.9. The van der Waals surface area contributed by atoms with Crippen LogP contribution in [0.2, 0.25) is 5.02 Å². The normalized spacial score (nSPS) is 18.0. The van der Waals surface area contributed by atoms with Crippen molar-refractivity contribution in [3.05, 3.63) is 28.8 Å². The van der Waals surface area contributed by atoms with Crippen molar-refractivity contribution in [3.8, 4) is 6.07 Å². The number of nitriles is 1. The fraction of sp³-hybridized carbons (Fsp3) is 0.429. The highest BCUT2D eigenvalue weighted by Crippen LogP contribution is 2.23. The Balaban J connectivity index is 1.86. The number of carbonyl (C=O) groups is 1. The van der Waals surface area contributed by atoms with Crippen LogP contribution in [0.4, 0.5) is 5.69 Å². The molecule has 1 fully saturated rings. The van der Waals surface area contributed by atoms with E-state index in [1.807, 2.05) is 6.07 Å². The molecular formula is C14H15ClN2O2. The number of nitrogens with one attached hydrogen (secondary N) is 1. The predicted molar refractivity (Wildman–Crippen MR) is 73.0 cm³/mol. The molecule has 1 saturated heterocycles. The Morgan fingerprint density at radius 3 is 3.05 bits per heavy atom. The van der Waals surface area contributed by atoms with Gasteiger partial charge in [-0.05, 0) is 37.5 Å². The third kappa shape index (κ3) is 3.95. The van der Waals surface area contributed by atoms with E-state index in [2.05, 4.69) is 5.32 Å². The first-order valence-corrected chi connectivity index (χ1v) is 6.68. The second-order valence-corrected chi connectivity index (χ2v) is 4.94. The Hall–Kier alpha value is -1.57. The average molecular weight is 279 g/mol. The van der Waals surface area contributed by atoms with Gasteiger partial charge in [-0.1, -0.05) is 11.6 Å². The van der Waals surface area contributed by atoms with Gasteiger partial charge in [0.05, 0.1) is 28.4 Å². The maximum absolute atomic E-state index is 11.8. The van der Waals surface area contributed by atoms with E-state index in [0.717, 1.165) is 25.9 Å². The van der Waals surface area contributed by atoms with E-state index in [0.29, 0.717) is 22.7 Å². The Morgan fingerprint density at radius 1 is 1.58 bits per heavy atom. The summed E-state index contributed by atoms with van der Waals surface area (Å²) in [6.45, 7) is 0.799. The zero-order valence-corrected chi connectivity index (χ0v) is 11.2. The highest BCUT2D eigenvalue weighted by Gasteiger charge is 2.17. The summed E-state index contributed by atoms with van der Waals surface area (Å²) in [4.78, 5) is 11.8. The topological polar surface area (TPSA) is 62.1 Å². The summed E-state index contributed by atoms with van der Waals surface area (Å²) in [5.74, 6) is -0.0814. The Labute approximate surface area is 117 Å². The molecule has 1 heterocycles. The summed E-state index contributed by atoms with van der Waals surface area (Å²) in [5.41, 5.74) is 1.01. The molecule has 4 nitrogen and oxygen atoms in total. The number of anilines is 1. The van der Waals surface area contributed by atoms with E-state index >= 15 is 0 Å². The first kappa shape index (κ1) is 13.9. The SMILES string of the molecule is N#Cc1ccc(NC(=O)CCC2CCCO2)c(Cl)c1. The van der Waals surface area contributed by atoms with Crippen LogP contribution < -0.4 is 5.32 Å². The molecule has 1 amide bonds. The van der Waals surface area contributed by atoms with Crippen molar-refractivity contribution >= 4 is 23.2 Å². The molecule has 1 unspecified atom stereocenters. The largest absolute Gasteiger partial charge is 0.378 e.